The first kappa shape index (κ1) is 9.20. The number of aldehydes is 1. The van der Waals surface area contributed by atoms with Crippen LogP contribution in [0.3, 0.4) is 0 Å². The molecule has 0 aromatic rings. The number of rotatable bonds is 2. The molecular formula is C11H18O2. The van der Waals surface area contributed by atoms with Crippen LogP contribution >= 0.6 is 0 Å². The Morgan fingerprint density at radius 1 is 1.46 bits per heavy atom. The molecule has 0 spiro atoms. The second-order valence-corrected chi connectivity index (χ2v) is 4.70. The zero-order valence-electron chi connectivity index (χ0n) is 8.29. The molecule has 2 rings (SSSR count). The highest BCUT2D eigenvalue weighted by molar-refractivity contribution is 5.61. The van der Waals surface area contributed by atoms with E-state index in [4.69, 9.17) is 4.74 Å². The van der Waals surface area contributed by atoms with Crippen molar-refractivity contribution in [3.8, 4) is 0 Å². The summed E-state index contributed by atoms with van der Waals surface area (Å²) in [5.74, 6) is 0.703. The van der Waals surface area contributed by atoms with E-state index in [1.54, 1.807) is 0 Å². The lowest BCUT2D eigenvalue weighted by Crippen LogP contribution is -2.33. The third-order valence-corrected chi connectivity index (χ3v) is 3.64. The van der Waals surface area contributed by atoms with Gasteiger partial charge < -0.3 is 9.53 Å². The van der Waals surface area contributed by atoms with Crippen LogP contribution in [0.1, 0.15) is 39.0 Å². The van der Waals surface area contributed by atoms with Crippen molar-refractivity contribution in [3.05, 3.63) is 0 Å². The first-order valence-corrected chi connectivity index (χ1v) is 5.35. The fourth-order valence-electron chi connectivity index (χ4n) is 2.87. The summed E-state index contributed by atoms with van der Waals surface area (Å²) >= 11 is 0. The second-order valence-electron chi connectivity index (χ2n) is 4.70. The van der Waals surface area contributed by atoms with Gasteiger partial charge in [0.15, 0.2) is 0 Å². The molecule has 0 bridgehead atoms. The summed E-state index contributed by atoms with van der Waals surface area (Å²) in [5.41, 5.74) is -0.115. The zero-order valence-corrected chi connectivity index (χ0v) is 8.29. The molecule has 0 N–H and O–H groups in total. The Balaban J connectivity index is 2.10. The van der Waals surface area contributed by atoms with Gasteiger partial charge in [0.05, 0.1) is 11.5 Å². The maximum absolute atomic E-state index is 11.2. The zero-order chi connectivity index (χ0) is 9.31. The molecule has 3 atom stereocenters. The highest BCUT2D eigenvalue weighted by Gasteiger charge is 2.45. The molecule has 2 nitrogen and oxygen atoms in total. The van der Waals surface area contributed by atoms with Gasteiger partial charge in [0, 0.05) is 6.61 Å². The predicted octanol–water partition coefficient (Wildman–Crippen LogP) is 2.17. The van der Waals surface area contributed by atoms with Crippen LogP contribution < -0.4 is 0 Å². The molecule has 74 valence electrons. The monoisotopic (exact) mass is 182 g/mol. The Bertz CT molecular complexity index is 196. The van der Waals surface area contributed by atoms with Crippen molar-refractivity contribution in [1.82, 2.24) is 0 Å². The largest absolute Gasteiger partial charge is 0.377 e. The minimum Gasteiger partial charge on any atom is -0.377 e. The van der Waals surface area contributed by atoms with E-state index in [-0.39, 0.29) is 11.5 Å². The van der Waals surface area contributed by atoms with E-state index in [9.17, 15) is 4.79 Å². The summed E-state index contributed by atoms with van der Waals surface area (Å²) in [6.45, 7) is 3.09. The average molecular weight is 182 g/mol. The lowest BCUT2D eigenvalue weighted by atomic mass is 9.80. The third-order valence-electron chi connectivity index (χ3n) is 3.64. The molecule has 0 amide bonds. The van der Waals surface area contributed by atoms with Crippen molar-refractivity contribution in [3.63, 3.8) is 0 Å². The number of carbonyl (C=O) groups excluding carboxylic acids is 1. The Kier molecular flexibility index (Phi) is 2.41. The standard InChI is InChI=1S/C11H18O2/c1-9-4-5-11(7-9,8-12)10-3-2-6-13-10/h8-10H,2-7H2,1H3. The van der Waals surface area contributed by atoms with Crippen LogP contribution in [0.5, 0.6) is 0 Å². The van der Waals surface area contributed by atoms with Crippen LogP contribution in [0.25, 0.3) is 0 Å². The number of hydrogen-bond acceptors (Lipinski definition) is 2. The molecule has 0 aromatic heterocycles. The van der Waals surface area contributed by atoms with Gasteiger partial charge >= 0.3 is 0 Å². The van der Waals surface area contributed by atoms with E-state index < -0.39 is 0 Å². The van der Waals surface area contributed by atoms with Gasteiger partial charge in [0.2, 0.25) is 0 Å². The van der Waals surface area contributed by atoms with Crippen molar-refractivity contribution in [1.29, 1.82) is 0 Å². The second kappa shape index (κ2) is 3.41. The SMILES string of the molecule is CC1CCC(C=O)(C2CCCO2)C1. The fraction of sp³-hybridized carbons (Fsp3) is 0.909. The van der Waals surface area contributed by atoms with E-state index in [1.165, 1.54) is 12.7 Å². The predicted molar refractivity (Wildman–Crippen MR) is 50.5 cm³/mol. The minimum absolute atomic E-state index is 0.115. The summed E-state index contributed by atoms with van der Waals surface area (Å²) in [7, 11) is 0. The summed E-state index contributed by atoms with van der Waals surface area (Å²) in [6.07, 6.45) is 6.91. The first-order chi connectivity index (χ1) is 6.27. The smallest absolute Gasteiger partial charge is 0.128 e. The normalized spacial score (nSPS) is 45.3. The molecule has 2 fully saturated rings. The van der Waals surface area contributed by atoms with Crippen molar-refractivity contribution >= 4 is 6.29 Å². The molecule has 3 unspecified atom stereocenters. The van der Waals surface area contributed by atoms with Gasteiger partial charge in [-0.2, -0.15) is 0 Å². The summed E-state index contributed by atoms with van der Waals surface area (Å²) in [6, 6.07) is 0. The molecule has 0 aromatic carbocycles. The van der Waals surface area contributed by atoms with Crippen molar-refractivity contribution < 1.29 is 9.53 Å². The van der Waals surface area contributed by atoms with E-state index in [2.05, 4.69) is 6.92 Å². The number of hydrogen-bond donors (Lipinski definition) is 0. The number of carbonyl (C=O) groups is 1. The van der Waals surface area contributed by atoms with E-state index in [1.807, 2.05) is 0 Å². The minimum atomic E-state index is -0.115. The fourth-order valence-corrected chi connectivity index (χ4v) is 2.87. The van der Waals surface area contributed by atoms with Gasteiger partial charge in [0.1, 0.15) is 6.29 Å². The highest BCUT2D eigenvalue weighted by Crippen LogP contribution is 2.46. The van der Waals surface area contributed by atoms with Crippen LogP contribution in [0, 0.1) is 11.3 Å². The van der Waals surface area contributed by atoms with Gasteiger partial charge in [-0.15, -0.1) is 0 Å². The van der Waals surface area contributed by atoms with Crippen LogP contribution in [-0.4, -0.2) is 19.0 Å². The van der Waals surface area contributed by atoms with Crippen molar-refractivity contribution in [2.24, 2.45) is 11.3 Å². The lowest BCUT2D eigenvalue weighted by molar-refractivity contribution is -0.123. The molecule has 0 radical (unpaired) electrons. The summed E-state index contributed by atoms with van der Waals surface area (Å²) in [4.78, 5) is 11.2. The van der Waals surface area contributed by atoms with Crippen LogP contribution in [0.2, 0.25) is 0 Å². The van der Waals surface area contributed by atoms with Crippen molar-refractivity contribution in [2.75, 3.05) is 6.61 Å². The maximum atomic E-state index is 11.2. The lowest BCUT2D eigenvalue weighted by Gasteiger charge is -2.28. The van der Waals surface area contributed by atoms with Crippen LogP contribution in [-0.2, 0) is 9.53 Å². The van der Waals surface area contributed by atoms with Gasteiger partial charge in [-0.3, -0.25) is 0 Å². The Labute approximate surface area is 79.7 Å². The molecule has 1 saturated carbocycles. The average Bonchev–Trinajstić information content (AvgIpc) is 2.73. The Hall–Kier alpha value is -0.370. The number of ether oxygens (including phenoxy) is 1. The quantitative estimate of drug-likeness (QED) is 0.612. The summed E-state index contributed by atoms with van der Waals surface area (Å²) in [5, 5.41) is 0. The van der Waals surface area contributed by atoms with E-state index in [0.29, 0.717) is 5.92 Å². The van der Waals surface area contributed by atoms with E-state index >= 15 is 0 Å². The molecule has 2 aliphatic rings. The van der Waals surface area contributed by atoms with E-state index in [0.717, 1.165) is 32.3 Å². The van der Waals surface area contributed by atoms with Gasteiger partial charge in [-0.25, -0.2) is 0 Å². The Morgan fingerprint density at radius 2 is 2.31 bits per heavy atom. The van der Waals surface area contributed by atoms with Crippen LogP contribution in [0.15, 0.2) is 0 Å². The van der Waals surface area contributed by atoms with Gasteiger partial charge in [-0.05, 0) is 38.0 Å². The molecule has 1 aliphatic heterocycles. The molecule has 1 saturated heterocycles. The van der Waals surface area contributed by atoms with Gasteiger partial charge in [0.25, 0.3) is 0 Å². The molecule has 1 aliphatic carbocycles. The molecule has 1 heterocycles. The Morgan fingerprint density at radius 3 is 2.77 bits per heavy atom. The van der Waals surface area contributed by atoms with Gasteiger partial charge in [-0.1, -0.05) is 6.92 Å². The maximum Gasteiger partial charge on any atom is 0.128 e. The van der Waals surface area contributed by atoms with Crippen molar-refractivity contribution in [2.45, 2.75) is 45.1 Å². The van der Waals surface area contributed by atoms with Crippen LogP contribution in [0.4, 0.5) is 0 Å². The first-order valence-electron chi connectivity index (χ1n) is 5.35. The highest BCUT2D eigenvalue weighted by atomic mass is 16.5. The molecule has 2 heteroatoms. The third kappa shape index (κ3) is 1.52. The molecule has 13 heavy (non-hydrogen) atoms. The topological polar surface area (TPSA) is 26.3 Å². The summed E-state index contributed by atoms with van der Waals surface area (Å²) < 4.78 is 5.65. The molecular weight excluding hydrogens is 164 g/mol.